The van der Waals surface area contributed by atoms with Crippen molar-refractivity contribution in [1.29, 1.82) is 0 Å². The van der Waals surface area contributed by atoms with Crippen molar-refractivity contribution < 1.29 is 4.39 Å². The van der Waals surface area contributed by atoms with E-state index < -0.39 is 0 Å². The van der Waals surface area contributed by atoms with Gasteiger partial charge in [-0.1, -0.05) is 53.2 Å². The second-order valence-electron chi connectivity index (χ2n) is 6.18. The lowest BCUT2D eigenvalue weighted by Crippen LogP contribution is -2.02. The van der Waals surface area contributed by atoms with E-state index in [1.54, 1.807) is 23.9 Å². The van der Waals surface area contributed by atoms with Gasteiger partial charge in [0.15, 0.2) is 0 Å². The van der Waals surface area contributed by atoms with Crippen molar-refractivity contribution in [3.05, 3.63) is 106 Å². The average molecular weight is 396 g/mol. The lowest BCUT2D eigenvalue weighted by Gasteiger charge is -2.09. The Labute approximate surface area is 168 Å². The number of hydrogen-bond donors (Lipinski definition) is 0. The summed E-state index contributed by atoms with van der Waals surface area (Å²) in [7, 11) is 0. The van der Waals surface area contributed by atoms with Gasteiger partial charge in [0.05, 0.1) is 11.4 Å². The fourth-order valence-electron chi connectivity index (χ4n) is 2.46. The summed E-state index contributed by atoms with van der Waals surface area (Å²) < 4.78 is 13.1. The van der Waals surface area contributed by atoms with Crippen molar-refractivity contribution in [3.63, 3.8) is 0 Å². The van der Waals surface area contributed by atoms with Crippen molar-refractivity contribution in [2.45, 2.75) is 18.7 Å². The molecule has 0 aromatic heterocycles. The molecule has 136 valence electrons. The van der Waals surface area contributed by atoms with Gasteiger partial charge >= 0.3 is 0 Å². The van der Waals surface area contributed by atoms with Crippen molar-refractivity contribution in [3.8, 4) is 0 Å². The predicted octanol–water partition coefficient (Wildman–Crippen LogP) is 7.60. The van der Waals surface area contributed by atoms with E-state index in [9.17, 15) is 4.39 Å². The Balaban J connectivity index is 1.94. The van der Waals surface area contributed by atoms with Gasteiger partial charge in [-0.3, -0.25) is 0 Å². The predicted molar refractivity (Wildman–Crippen MR) is 115 cm³/mol. The molecule has 27 heavy (non-hydrogen) atoms. The number of rotatable bonds is 5. The minimum atomic E-state index is -0.233. The Hall–Kier alpha value is -2.36. The van der Waals surface area contributed by atoms with Crippen molar-refractivity contribution in [2.75, 3.05) is 0 Å². The third-order valence-electron chi connectivity index (χ3n) is 3.95. The van der Waals surface area contributed by atoms with Crippen LogP contribution in [0.4, 0.5) is 10.1 Å². The maximum absolute atomic E-state index is 13.1. The number of thioether (sulfide) groups is 1. The Morgan fingerprint density at radius 2 is 1.56 bits per heavy atom. The molecular formula is C23H19ClFNS. The minimum Gasteiger partial charge on any atom is -0.248 e. The van der Waals surface area contributed by atoms with Crippen LogP contribution >= 0.6 is 23.4 Å². The molecular weight excluding hydrogens is 377 g/mol. The van der Waals surface area contributed by atoms with Gasteiger partial charge < -0.3 is 0 Å². The van der Waals surface area contributed by atoms with Crippen LogP contribution in [0.3, 0.4) is 0 Å². The molecule has 4 heteroatoms. The zero-order valence-corrected chi connectivity index (χ0v) is 16.7. The highest BCUT2D eigenvalue weighted by Gasteiger charge is 2.08. The summed E-state index contributed by atoms with van der Waals surface area (Å²) in [5, 5.41) is 2.73. The van der Waals surface area contributed by atoms with E-state index >= 15 is 0 Å². The fourth-order valence-corrected chi connectivity index (χ4v) is 3.31. The molecule has 0 spiro atoms. The lowest BCUT2D eigenvalue weighted by atomic mass is 10.0. The zero-order valence-electron chi connectivity index (χ0n) is 15.1. The highest BCUT2D eigenvalue weighted by atomic mass is 35.5. The first kappa shape index (κ1) is 19.4. The van der Waals surface area contributed by atoms with Crippen LogP contribution in [0, 0.1) is 12.7 Å². The van der Waals surface area contributed by atoms with E-state index in [4.69, 9.17) is 16.6 Å². The van der Waals surface area contributed by atoms with Gasteiger partial charge in [0.25, 0.3) is 0 Å². The molecule has 3 aromatic carbocycles. The van der Waals surface area contributed by atoms with Crippen molar-refractivity contribution >= 4 is 34.8 Å². The van der Waals surface area contributed by atoms with Crippen LogP contribution in [0.25, 0.3) is 0 Å². The topological polar surface area (TPSA) is 12.4 Å². The van der Waals surface area contributed by atoms with Crippen LogP contribution in [0.2, 0.25) is 5.02 Å². The SMILES string of the molecule is C/C(=C\Sc1ccc(F)cc1)C(=Nc1ccc(C)cc1)c1ccc(Cl)cc1. The summed E-state index contributed by atoms with van der Waals surface area (Å²) in [6.45, 7) is 4.08. The van der Waals surface area contributed by atoms with E-state index in [2.05, 4.69) is 6.92 Å². The number of aryl methyl sites for hydroxylation is 1. The molecule has 0 aliphatic carbocycles. The molecule has 0 fully saturated rings. The molecule has 0 aliphatic heterocycles. The van der Waals surface area contributed by atoms with E-state index in [1.165, 1.54) is 17.7 Å². The third kappa shape index (κ3) is 5.56. The van der Waals surface area contributed by atoms with Crippen LogP contribution in [0.1, 0.15) is 18.1 Å². The van der Waals surface area contributed by atoms with Gasteiger partial charge in [-0.2, -0.15) is 0 Å². The van der Waals surface area contributed by atoms with E-state index in [0.29, 0.717) is 5.02 Å². The van der Waals surface area contributed by atoms with Crippen LogP contribution in [0.5, 0.6) is 0 Å². The molecule has 0 bridgehead atoms. The molecule has 0 amide bonds. The van der Waals surface area contributed by atoms with Gasteiger partial charge in [0.1, 0.15) is 5.82 Å². The molecule has 0 aliphatic rings. The van der Waals surface area contributed by atoms with Gasteiger partial charge in [0, 0.05) is 15.5 Å². The van der Waals surface area contributed by atoms with E-state index in [1.807, 2.05) is 60.9 Å². The first-order valence-corrected chi connectivity index (χ1v) is 9.78. The molecule has 0 saturated heterocycles. The monoisotopic (exact) mass is 395 g/mol. The molecule has 0 atom stereocenters. The zero-order chi connectivity index (χ0) is 19.2. The molecule has 0 saturated carbocycles. The standard InChI is InChI=1S/C23H19ClFNS/c1-16-3-11-21(12-4-16)26-23(18-5-7-19(24)8-6-18)17(2)15-27-22-13-9-20(25)10-14-22/h3-15H,1-2H3/b17-15+,26-23?. The van der Waals surface area contributed by atoms with Crippen LogP contribution in [-0.4, -0.2) is 5.71 Å². The second-order valence-corrected chi connectivity index (χ2v) is 7.55. The largest absolute Gasteiger partial charge is 0.248 e. The highest BCUT2D eigenvalue weighted by Crippen LogP contribution is 2.25. The Kier molecular flexibility index (Phi) is 6.49. The third-order valence-corrected chi connectivity index (χ3v) is 5.22. The van der Waals surface area contributed by atoms with Gasteiger partial charge in [-0.05, 0) is 73.4 Å². The second kappa shape index (κ2) is 9.03. The molecule has 0 unspecified atom stereocenters. The number of aliphatic imine (C=N–C) groups is 1. The molecule has 3 rings (SSSR count). The maximum atomic E-state index is 13.1. The first-order valence-electron chi connectivity index (χ1n) is 8.52. The molecule has 3 aromatic rings. The molecule has 0 radical (unpaired) electrons. The van der Waals surface area contributed by atoms with Crippen LogP contribution in [0.15, 0.2) is 93.7 Å². The number of benzene rings is 3. The smallest absolute Gasteiger partial charge is 0.123 e. The van der Waals surface area contributed by atoms with Crippen molar-refractivity contribution in [1.82, 2.24) is 0 Å². The average Bonchev–Trinajstić information content (AvgIpc) is 2.68. The highest BCUT2D eigenvalue weighted by molar-refractivity contribution is 8.02. The minimum absolute atomic E-state index is 0.233. The van der Waals surface area contributed by atoms with Crippen molar-refractivity contribution in [2.24, 2.45) is 4.99 Å². The van der Waals surface area contributed by atoms with Gasteiger partial charge in [0.2, 0.25) is 0 Å². The van der Waals surface area contributed by atoms with E-state index in [-0.39, 0.29) is 5.82 Å². The quantitative estimate of drug-likeness (QED) is 0.320. The van der Waals surface area contributed by atoms with Gasteiger partial charge in [-0.15, -0.1) is 0 Å². The summed E-state index contributed by atoms with van der Waals surface area (Å²) in [5.41, 5.74) is 4.98. The molecule has 0 N–H and O–H groups in total. The molecule has 1 nitrogen and oxygen atoms in total. The number of halogens is 2. The Morgan fingerprint density at radius 1 is 0.926 bits per heavy atom. The summed E-state index contributed by atoms with van der Waals surface area (Å²) in [6.07, 6.45) is 0. The molecule has 0 heterocycles. The Bertz CT molecular complexity index is 959. The van der Waals surface area contributed by atoms with Gasteiger partial charge in [-0.25, -0.2) is 9.38 Å². The van der Waals surface area contributed by atoms with Crippen LogP contribution < -0.4 is 0 Å². The maximum Gasteiger partial charge on any atom is 0.123 e. The van der Waals surface area contributed by atoms with E-state index in [0.717, 1.165) is 27.4 Å². The fraction of sp³-hybridized carbons (Fsp3) is 0.0870. The number of nitrogens with zero attached hydrogens (tertiary/aromatic N) is 1. The number of allylic oxidation sites excluding steroid dienone is 1. The lowest BCUT2D eigenvalue weighted by molar-refractivity contribution is 0.626. The first-order chi connectivity index (χ1) is 13.0. The Morgan fingerprint density at radius 3 is 2.19 bits per heavy atom. The summed E-state index contributed by atoms with van der Waals surface area (Å²) in [4.78, 5) is 5.83. The number of hydrogen-bond acceptors (Lipinski definition) is 2. The van der Waals surface area contributed by atoms with Crippen LogP contribution in [-0.2, 0) is 0 Å². The summed E-state index contributed by atoms with van der Waals surface area (Å²) in [6, 6.07) is 22.2. The summed E-state index contributed by atoms with van der Waals surface area (Å²) in [5.74, 6) is -0.233. The summed E-state index contributed by atoms with van der Waals surface area (Å²) >= 11 is 7.58. The normalized spacial score (nSPS) is 12.3.